The van der Waals surface area contributed by atoms with Crippen molar-refractivity contribution in [1.29, 1.82) is 0 Å². The van der Waals surface area contributed by atoms with Crippen LogP contribution in [0.5, 0.6) is 11.5 Å². The molecular formula is C21H23NO5. The molecular weight excluding hydrogens is 346 g/mol. The number of rotatable bonds is 6. The van der Waals surface area contributed by atoms with E-state index < -0.39 is 0 Å². The third-order valence-corrected chi connectivity index (χ3v) is 5.13. The quantitative estimate of drug-likeness (QED) is 0.732. The molecule has 2 aromatic carbocycles. The van der Waals surface area contributed by atoms with Crippen molar-refractivity contribution in [2.45, 2.75) is 25.3 Å². The highest BCUT2D eigenvalue weighted by molar-refractivity contribution is 5.84. The molecule has 2 saturated heterocycles. The average molecular weight is 369 g/mol. The van der Waals surface area contributed by atoms with Gasteiger partial charge in [-0.3, -0.25) is 4.79 Å². The van der Waals surface area contributed by atoms with Gasteiger partial charge in [0.05, 0.1) is 39.9 Å². The molecule has 142 valence electrons. The van der Waals surface area contributed by atoms with Crippen LogP contribution >= 0.6 is 0 Å². The summed E-state index contributed by atoms with van der Waals surface area (Å²) in [4.78, 5) is 14.2. The fraction of sp³-hybridized carbons (Fsp3) is 0.381. The van der Waals surface area contributed by atoms with E-state index in [0.717, 1.165) is 22.4 Å². The molecule has 2 aromatic rings. The number of ether oxygens (including phenoxy) is 4. The number of carbonyl (C=O) groups excluding carboxylic acids is 1. The van der Waals surface area contributed by atoms with E-state index in [9.17, 15) is 4.79 Å². The molecule has 2 fully saturated rings. The summed E-state index contributed by atoms with van der Waals surface area (Å²) < 4.78 is 22.1. The van der Waals surface area contributed by atoms with Crippen molar-refractivity contribution in [3.8, 4) is 11.5 Å². The van der Waals surface area contributed by atoms with Crippen molar-refractivity contribution < 1.29 is 23.7 Å². The van der Waals surface area contributed by atoms with Gasteiger partial charge < -0.3 is 23.8 Å². The number of likely N-dealkylation sites (tertiary alicyclic amines) is 1. The Balaban J connectivity index is 1.59. The van der Waals surface area contributed by atoms with Crippen LogP contribution < -0.4 is 9.47 Å². The van der Waals surface area contributed by atoms with Crippen LogP contribution in [0, 0.1) is 0 Å². The van der Waals surface area contributed by atoms with Gasteiger partial charge in [0.15, 0.2) is 6.29 Å². The van der Waals surface area contributed by atoms with Gasteiger partial charge in [0.25, 0.3) is 0 Å². The standard InChI is InChI=1S/C21H23NO5/c1-24-15-8-7-14(19(11-15)25-2)13-22-18(12-20(22)23)16-5-3-4-6-17(16)21-26-9-10-27-21/h3-8,11,18,21H,9-10,12-13H2,1-2H3. The van der Waals surface area contributed by atoms with Crippen LogP contribution in [0.2, 0.25) is 0 Å². The second kappa shape index (κ2) is 7.58. The fourth-order valence-corrected chi connectivity index (χ4v) is 3.66. The van der Waals surface area contributed by atoms with E-state index in [-0.39, 0.29) is 18.2 Å². The van der Waals surface area contributed by atoms with Gasteiger partial charge >= 0.3 is 0 Å². The van der Waals surface area contributed by atoms with Crippen molar-refractivity contribution in [3.63, 3.8) is 0 Å². The molecule has 2 aliphatic rings. The zero-order valence-electron chi connectivity index (χ0n) is 15.5. The molecule has 0 aromatic heterocycles. The number of benzene rings is 2. The SMILES string of the molecule is COc1ccc(CN2C(=O)CC2c2ccccc2C2OCCO2)c(OC)c1. The van der Waals surface area contributed by atoms with Gasteiger partial charge in [-0.05, 0) is 17.7 Å². The zero-order chi connectivity index (χ0) is 18.8. The van der Waals surface area contributed by atoms with E-state index in [1.807, 2.05) is 41.3 Å². The minimum absolute atomic E-state index is 0.00769. The number of methoxy groups -OCH3 is 2. The van der Waals surface area contributed by atoms with Crippen molar-refractivity contribution in [3.05, 3.63) is 59.2 Å². The van der Waals surface area contributed by atoms with Gasteiger partial charge in [-0.25, -0.2) is 0 Å². The van der Waals surface area contributed by atoms with Crippen LogP contribution in [-0.2, 0) is 20.8 Å². The molecule has 2 aliphatic heterocycles. The molecule has 27 heavy (non-hydrogen) atoms. The lowest BCUT2D eigenvalue weighted by Crippen LogP contribution is -2.46. The third kappa shape index (κ3) is 3.38. The first-order valence-corrected chi connectivity index (χ1v) is 9.03. The number of nitrogens with zero attached hydrogens (tertiary/aromatic N) is 1. The van der Waals surface area contributed by atoms with Gasteiger partial charge in [-0.15, -0.1) is 0 Å². The highest BCUT2D eigenvalue weighted by atomic mass is 16.7. The summed E-state index contributed by atoms with van der Waals surface area (Å²) in [6.45, 7) is 1.67. The van der Waals surface area contributed by atoms with Crippen molar-refractivity contribution in [1.82, 2.24) is 4.90 Å². The van der Waals surface area contributed by atoms with Gasteiger partial charge in [-0.1, -0.05) is 24.3 Å². The summed E-state index contributed by atoms with van der Waals surface area (Å²) in [7, 11) is 3.24. The van der Waals surface area contributed by atoms with Crippen molar-refractivity contribution in [2.24, 2.45) is 0 Å². The van der Waals surface area contributed by atoms with Gasteiger partial charge in [0.2, 0.25) is 5.91 Å². The molecule has 4 rings (SSSR count). The lowest BCUT2D eigenvalue weighted by atomic mass is 9.89. The average Bonchev–Trinajstić information content (AvgIpc) is 3.24. The summed E-state index contributed by atoms with van der Waals surface area (Å²) in [6, 6.07) is 13.7. The van der Waals surface area contributed by atoms with Crippen molar-refractivity contribution >= 4 is 5.91 Å². The number of β-lactam (4-membered cyclic amide) rings is 1. The normalized spacial score (nSPS) is 19.9. The Morgan fingerprint density at radius 1 is 1.04 bits per heavy atom. The van der Waals surface area contributed by atoms with Gasteiger partial charge in [0, 0.05) is 23.7 Å². The number of hydrogen-bond donors (Lipinski definition) is 0. The molecule has 2 heterocycles. The lowest BCUT2D eigenvalue weighted by molar-refractivity contribution is -0.147. The molecule has 0 radical (unpaired) electrons. The second-order valence-electron chi connectivity index (χ2n) is 6.62. The molecule has 0 spiro atoms. The summed E-state index contributed by atoms with van der Waals surface area (Å²) >= 11 is 0. The van der Waals surface area contributed by atoms with Crippen LogP contribution in [0.3, 0.4) is 0 Å². The molecule has 6 heteroatoms. The monoisotopic (exact) mass is 369 g/mol. The van der Waals surface area contributed by atoms with Crippen LogP contribution in [-0.4, -0.2) is 38.2 Å². The fourth-order valence-electron chi connectivity index (χ4n) is 3.66. The highest BCUT2D eigenvalue weighted by Gasteiger charge is 2.39. The summed E-state index contributed by atoms with van der Waals surface area (Å²) in [5.41, 5.74) is 3.03. The Bertz CT molecular complexity index is 831. The summed E-state index contributed by atoms with van der Waals surface area (Å²) in [5.74, 6) is 1.56. The number of hydrogen-bond acceptors (Lipinski definition) is 5. The van der Waals surface area contributed by atoms with Crippen LogP contribution in [0.15, 0.2) is 42.5 Å². The Labute approximate surface area is 158 Å². The maximum absolute atomic E-state index is 12.4. The van der Waals surface area contributed by atoms with Crippen LogP contribution in [0.1, 0.15) is 35.4 Å². The Hall–Kier alpha value is -2.57. The van der Waals surface area contributed by atoms with Crippen molar-refractivity contribution in [2.75, 3.05) is 27.4 Å². The maximum Gasteiger partial charge on any atom is 0.225 e. The van der Waals surface area contributed by atoms with Gasteiger partial charge in [0.1, 0.15) is 11.5 Å². The smallest absolute Gasteiger partial charge is 0.225 e. The lowest BCUT2D eigenvalue weighted by Gasteiger charge is -2.42. The molecule has 0 aliphatic carbocycles. The van der Waals surface area contributed by atoms with E-state index in [0.29, 0.717) is 31.9 Å². The third-order valence-electron chi connectivity index (χ3n) is 5.13. The molecule has 1 atom stereocenters. The summed E-state index contributed by atoms with van der Waals surface area (Å²) in [6.07, 6.45) is 0.136. The first-order valence-electron chi connectivity index (χ1n) is 9.03. The summed E-state index contributed by atoms with van der Waals surface area (Å²) in [5, 5.41) is 0. The molecule has 0 bridgehead atoms. The minimum atomic E-state index is -0.353. The Kier molecular flexibility index (Phi) is 5.01. The van der Waals surface area contributed by atoms with E-state index in [1.165, 1.54) is 0 Å². The number of carbonyl (C=O) groups is 1. The Morgan fingerprint density at radius 2 is 1.78 bits per heavy atom. The highest BCUT2D eigenvalue weighted by Crippen LogP contribution is 2.41. The number of amides is 1. The first-order chi connectivity index (χ1) is 13.2. The zero-order valence-corrected chi connectivity index (χ0v) is 15.5. The van der Waals surface area contributed by atoms with Gasteiger partial charge in [-0.2, -0.15) is 0 Å². The first kappa shape index (κ1) is 17.8. The predicted octanol–water partition coefficient (Wildman–Crippen LogP) is 3.22. The Morgan fingerprint density at radius 3 is 2.44 bits per heavy atom. The molecule has 0 N–H and O–H groups in total. The molecule has 6 nitrogen and oxygen atoms in total. The topological polar surface area (TPSA) is 57.2 Å². The van der Waals surface area contributed by atoms with E-state index in [4.69, 9.17) is 18.9 Å². The molecule has 0 saturated carbocycles. The van der Waals surface area contributed by atoms with Crippen LogP contribution in [0.4, 0.5) is 0 Å². The maximum atomic E-state index is 12.4. The largest absolute Gasteiger partial charge is 0.497 e. The van der Waals surface area contributed by atoms with E-state index in [2.05, 4.69) is 6.07 Å². The van der Waals surface area contributed by atoms with Crippen LogP contribution in [0.25, 0.3) is 0 Å². The predicted molar refractivity (Wildman–Crippen MR) is 98.5 cm³/mol. The van der Waals surface area contributed by atoms with E-state index in [1.54, 1.807) is 14.2 Å². The van der Waals surface area contributed by atoms with E-state index >= 15 is 0 Å². The second-order valence-corrected chi connectivity index (χ2v) is 6.62. The minimum Gasteiger partial charge on any atom is -0.497 e. The molecule has 1 unspecified atom stereocenters. The molecule has 1 amide bonds.